The van der Waals surface area contributed by atoms with Crippen LogP contribution in [0.2, 0.25) is 0 Å². The molecule has 6 aromatic rings. The Morgan fingerprint density at radius 1 is 0.591 bits per heavy atom. The van der Waals surface area contributed by atoms with E-state index in [2.05, 4.69) is 139 Å². The summed E-state index contributed by atoms with van der Waals surface area (Å²) < 4.78 is 2.60. The van der Waals surface area contributed by atoms with E-state index in [0.717, 1.165) is 6.42 Å². The molecule has 0 spiro atoms. The number of hydrogen-bond acceptors (Lipinski definition) is 1. The minimum Gasteiger partial charge on any atom is -0.313 e. The molecule has 2 aliphatic heterocycles. The van der Waals surface area contributed by atoms with Crippen molar-refractivity contribution in [3.05, 3.63) is 138 Å². The molecule has 3 heterocycles. The molecule has 1 aliphatic carbocycles. The van der Waals surface area contributed by atoms with E-state index in [-0.39, 0.29) is 12.1 Å². The lowest BCUT2D eigenvalue weighted by Crippen LogP contribution is -2.64. The summed E-state index contributed by atoms with van der Waals surface area (Å²) in [7, 11) is 0. The van der Waals surface area contributed by atoms with Crippen LogP contribution in [0.5, 0.6) is 0 Å². The molecule has 0 atom stereocenters. The largest absolute Gasteiger partial charge is 0.313 e. The molecule has 0 bridgehead atoms. The lowest BCUT2D eigenvalue weighted by molar-refractivity contribution is 0.608. The standard InChI is InChI=1S/C41H37BN2/c1-41(2)32-19-11-12-21-34(32)42-35-26-25-29(44-36-22-9-4-3-8-17-30(36)31-18-10-13-23-37(31)44)27-39(35)43(28-15-6-5-7-16-28)38-24-14-20-33(41)40(38)42/h5-7,10-16,18-21,23-27H,3-4,8-9,17,22H2,1-2H3. The molecule has 0 saturated carbocycles. The van der Waals surface area contributed by atoms with Crippen LogP contribution >= 0.6 is 0 Å². The smallest absolute Gasteiger partial charge is 0.247 e. The minimum atomic E-state index is -0.0709. The topological polar surface area (TPSA) is 8.17 Å². The molecule has 0 saturated heterocycles. The van der Waals surface area contributed by atoms with E-state index in [0.29, 0.717) is 0 Å². The van der Waals surface area contributed by atoms with Crippen molar-refractivity contribution in [2.75, 3.05) is 4.90 Å². The number of aromatic nitrogens is 1. The molecular weight excluding hydrogens is 531 g/mol. The van der Waals surface area contributed by atoms with Gasteiger partial charge in [-0.05, 0) is 89.7 Å². The van der Waals surface area contributed by atoms with Crippen LogP contribution in [0.15, 0.2) is 115 Å². The van der Waals surface area contributed by atoms with Gasteiger partial charge in [-0.2, -0.15) is 0 Å². The van der Waals surface area contributed by atoms with Crippen LogP contribution in [0.3, 0.4) is 0 Å². The quantitative estimate of drug-likeness (QED) is 0.191. The number of nitrogens with zero attached hydrogens (tertiary/aromatic N) is 2. The lowest BCUT2D eigenvalue weighted by atomic mass is 9.30. The first-order valence-corrected chi connectivity index (χ1v) is 16.5. The minimum absolute atomic E-state index is 0.0709. The van der Waals surface area contributed by atoms with Crippen LogP contribution in [0.25, 0.3) is 16.6 Å². The van der Waals surface area contributed by atoms with Crippen molar-refractivity contribution in [3.63, 3.8) is 0 Å². The first-order valence-electron chi connectivity index (χ1n) is 16.5. The molecule has 2 nitrogen and oxygen atoms in total. The van der Waals surface area contributed by atoms with E-state index in [1.807, 2.05) is 0 Å². The summed E-state index contributed by atoms with van der Waals surface area (Å²) in [5.74, 6) is 0. The Morgan fingerprint density at radius 3 is 2.23 bits per heavy atom. The van der Waals surface area contributed by atoms with Crippen molar-refractivity contribution >= 4 is 51.1 Å². The Labute approximate surface area is 261 Å². The van der Waals surface area contributed by atoms with Crippen molar-refractivity contribution in [2.24, 2.45) is 0 Å². The van der Waals surface area contributed by atoms with E-state index >= 15 is 0 Å². The predicted molar refractivity (Wildman–Crippen MR) is 187 cm³/mol. The number of benzene rings is 5. The highest BCUT2D eigenvalue weighted by Crippen LogP contribution is 2.43. The van der Waals surface area contributed by atoms with Gasteiger partial charge in [-0.1, -0.05) is 111 Å². The summed E-state index contributed by atoms with van der Waals surface area (Å²) >= 11 is 0. The molecule has 44 heavy (non-hydrogen) atoms. The molecule has 0 amide bonds. The van der Waals surface area contributed by atoms with Crippen molar-refractivity contribution in [3.8, 4) is 5.69 Å². The van der Waals surface area contributed by atoms with Crippen molar-refractivity contribution in [1.82, 2.24) is 4.57 Å². The molecule has 0 radical (unpaired) electrons. The number of aryl methyl sites for hydroxylation is 1. The van der Waals surface area contributed by atoms with Crippen LogP contribution in [0.1, 0.15) is 61.9 Å². The van der Waals surface area contributed by atoms with Crippen molar-refractivity contribution in [2.45, 2.75) is 57.8 Å². The average Bonchev–Trinajstić information content (AvgIpc) is 3.34. The first-order chi connectivity index (χ1) is 21.6. The van der Waals surface area contributed by atoms with E-state index in [1.165, 1.54) is 99.0 Å². The summed E-state index contributed by atoms with van der Waals surface area (Å²) in [4.78, 5) is 2.54. The lowest BCUT2D eigenvalue weighted by Gasteiger charge is -2.45. The summed E-state index contributed by atoms with van der Waals surface area (Å²) in [6.07, 6.45) is 7.52. The van der Waals surface area contributed by atoms with Crippen molar-refractivity contribution in [1.29, 1.82) is 0 Å². The van der Waals surface area contributed by atoms with Gasteiger partial charge in [-0.15, -0.1) is 0 Å². The molecule has 214 valence electrons. The molecule has 0 N–H and O–H groups in total. The zero-order valence-electron chi connectivity index (χ0n) is 25.7. The van der Waals surface area contributed by atoms with Gasteiger partial charge in [0, 0.05) is 39.2 Å². The summed E-state index contributed by atoms with van der Waals surface area (Å²) in [5, 5.41) is 1.43. The van der Waals surface area contributed by atoms with Gasteiger partial charge in [-0.3, -0.25) is 0 Å². The number of hydrogen-bond donors (Lipinski definition) is 0. The van der Waals surface area contributed by atoms with Crippen molar-refractivity contribution < 1.29 is 0 Å². The van der Waals surface area contributed by atoms with Crippen LogP contribution in [-0.2, 0) is 18.3 Å². The van der Waals surface area contributed by atoms with Gasteiger partial charge in [0.15, 0.2) is 0 Å². The summed E-state index contributed by atoms with van der Waals surface area (Å²) in [6, 6.07) is 43.6. The second-order valence-corrected chi connectivity index (χ2v) is 13.5. The normalized spacial score (nSPS) is 16.4. The maximum Gasteiger partial charge on any atom is 0.247 e. The Balaban J connectivity index is 1.34. The fourth-order valence-corrected chi connectivity index (χ4v) is 8.78. The molecule has 9 rings (SSSR count). The van der Waals surface area contributed by atoms with Gasteiger partial charge in [0.05, 0.1) is 5.52 Å². The van der Waals surface area contributed by atoms with E-state index in [1.54, 1.807) is 5.56 Å². The Bertz CT molecular complexity index is 2070. The van der Waals surface area contributed by atoms with Gasteiger partial charge in [-0.25, -0.2) is 0 Å². The van der Waals surface area contributed by atoms with Crippen LogP contribution in [0, 0.1) is 0 Å². The fraction of sp³-hybridized carbons (Fsp3) is 0.220. The number of anilines is 3. The summed E-state index contributed by atoms with van der Waals surface area (Å²) in [5.41, 5.74) is 16.6. The van der Waals surface area contributed by atoms with Gasteiger partial charge in [0.2, 0.25) is 6.71 Å². The molecule has 1 aromatic heterocycles. The number of rotatable bonds is 2. The second-order valence-electron chi connectivity index (χ2n) is 13.5. The Morgan fingerprint density at radius 2 is 1.34 bits per heavy atom. The fourth-order valence-electron chi connectivity index (χ4n) is 8.78. The highest BCUT2D eigenvalue weighted by Gasteiger charge is 2.45. The molecule has 5 aromatic carbocycles. The molecular formula is C41H37BN2. The first kappa shape index (κ1) is 26.0. The third-order valence-electron chi connectivity index (χ3n) is 10.7. The zero-order chi connectivity index (χ0) is 29.4. The van der Waals surface area contributed by atoms with E-state index < -0.39 is 0 Å². The highest BCUT2D eigenvalue weighted by molar-refractivity contribution is 6.99. The Kier molecular flexibility index (Phi) is 5.76. The van der Waals surface area contributed by atoms with Gasteiger partial charge in [0.1, 0.15) is 0 Å². The van der Waals surface area contributed by atoms with Gasteiger partial charge >= 0.3 is 0 Å². The molecule has 3 aliphatic rings. The zero-order valence-corrected chi connectivity index (χ0v) is 25.7. The van der Waals surface area contributed by atoms with Crippen LogP contribution in [-0.4, -0.2) is 11.3 Å². The maximum atomic E-state index is 2.60. The average molecular weight is 569 g/mol. The maximum absolute atomic E-state index is 2.60. The van der Waals surface area contributed by atoms with E-state index in [4.69, 9.17) is 0 Å². The Hall–Kier alpha value is -4.50. The predicted octanol–water partition coefficient (Wildman–Crippen LogP) is 8.23. The monoisotopic (exact) mass is 568 g/mol. The number of para-hydroxylation sites is 2. The third-order valence-corrected chi connectivity index (χ3v) is 10.7. The third kappa shape index (κ3) is 3.62. The van der Waals surface area contributed by atoms with Gasteiger partial charge < -0.3 is 9.47 Å². The highest BCUT2D eigenvalue weighted by atomic mass is 15.2. The molecule has 0 unspecified atom stereocenters. The van der Waals surface area contributed by atoms with Crippen LogP contribution in [0.4, 0.5) is 17.1 Å². The summed E-state index contributed by atoms with van der Waals surface area (Å²) in [6.45, 7) is 5.00. The van der Waals surface area contributed by atoms with Gasteiger partial charge in [0.25, 0.3) is 0 Å². The molecule has 0 fully saturated rings. The SMILES string of the molecule is CC1(C)c2ccccc2B2c3ccc(-n4c5c(c6ccccc64)CCCCCC5)cc3N(c3ccccc3)c3cccc1c32. The molecule has 3 heteroatoms. The van der Waals surface area contributed by atoms with E-state index in [9.17, 15) is 0 Å². The number of fused-ring (bicyclic) bond motifs is 7. The second kappa shape index (κ2) is 9.76. The van der Waals surface area contributed by atoms with Crippen LogP contribution < -0.4 is 21.3 Å².